The third-order valence-electron chi connectivity index (χ3n) is 2.03. The Bertz CT molecular complexity index is 191. The fourth-order valence-corrected chi connectivity index (χ4v) is 1.54. The van der Waals surface area contributed by atoms with Gasteiger partial charge in [-0.3, -0.25) is 4.79 Å². The molecule has 14 heavy (non-hydrogen) atoms. The molecule has 0 bridgehead atoms. The van der Waals surface area contributed by atoms with Crippen LogP contribution in [0.2, 0.25) is 0 Å². The highest BCUT2D eigenvalue weighted by atomic mass is 16.1. The van der Waals surface area contributed by atoms with Gasteiger partial charge in [-0.05, 0) is 25.2 Å². The Hall–Kier alpha value is -0.790. The topological polar surface area (TPSA) is 29.1 Å². The van der Waals surface area contributed by atoms with E-state index >= 15 is 0 Å². The second-order valence-corrected chi connectivity index (χ2v) is 4.88. The summed E-state index contributed by atoms with van der Waals surface area (Å²) in [5.41, 5.74) is 0.193. The van der Waals surface area contributed by atoms with E-state index < -0.39 is 0 Å². The third-order valence-corrected chi connectivity index (χ3v) is 2.03. The summed E-state index contributed by atoms with van der Waals surface area (Å²) < 4.78 is 0. The van der Waals surface area contributed by atoms with E-state index in [0.29, 0.717) is 6.54 Å². The van der Waals surface area contributed by atoms with Crippen molar-refractivity contribution in [2.75, 3.05) is 6.54 Å². The van der Waals surface area contributed by atoms with Gasteiger partial charge in [-0.1, -0.05) is 26.8 Å². The molecule has 0 aliphatic rings. The van der Waals surface area contributed by atoms with Crippen LogP contribution in [0, 0.1) is 11.3 Å². The average Bonchev–Trinajstić information content (AvgIpc) is 2.01. The van der Waals surface area contributed by atoms with E-state index in [4.69, 9.17) is 0 Å². The number of hydrogen-bond donors (Lipinski definition) is 1. The van der Waals surface area contributed by atoms with Gasteiger partial charge in [0.25, 0.3) is 0 Å². The number of amides is 1. The van der Waals surface area contributed by atoms with Crippen LogP contribution in [0.3, 0.4) is 0 Å². The van der Waals surface area contributed by atoms with Gasteiger partial charge in [0.2, 0.25) is 5.91 Å². The van der Waals surface area contributed by atoms with Crippen LogP contribution in [-0.4, -0.2) is 12.5 Å². The average molecular weight is 197 g/mol. The Morgan fingerprint density at radius 3 is 2.43 bits per heavy atom. The molecule has 0 rings (SSSR count). The zero-order valence-electron chi connectivity index (χ0n) is 9.89. The van der Waals surface area contributed by atoms with Crippen molar-refractivity contribution in [2.24, 2.45) is 11.3 Å². The van der Waals surface area contributed by atoms with Crippen LogP contribution in [0.25, 0.3) is 0 Å². The van der Waals surface area contributed by atoms with Crippen molar-refractivity contribution in [3.05, 3.63) is 12.7 Å². The first-order valence-corrected chi connectivity index (χ1v) is 5.29. The van der Waals surface area contributed by atoms with Gasteiger partial charge in [-0.15, -0.1) is 6.58 Å². The van der Waals surface area contributed by atoms with E-state index in [-0.39, 0.29) is 17.2 Å². The van der Waals surface area contributed by atoms with Gasteiger partial charge < -0.3 is 5.32 Å². The Balaban J connectivity index is 4.28. The fourth-order valence-electron chi connectivity index (χ4n) is 1.54. The van der Waals surface area contributed by atoms with E-state index in [1.54, 1.807) is 0 Å². The van der Waals surface area contributed by atoms with Crippen molar-refractivity contribution in [3.63, 3.8) is 0 Å². The summed E-state index contributed by atoms with van der Waals surface area (Å²) in [4.78, 5) is 11.7. The molecular formula is C12H23NO. The lowest BCUT2D eigenvalue weighted by molar-refractivity contribution is -0.125. The Kier molecular flexibility index (Phi) is 5.51. The van der Waals surface area contributed by atoms with E-state index in [1.807, 2.05) is 13.0 Å². The number of nitrogens with one attached hydrogen (secondary N) is 1. The zero-order valence-corrected chi connectivity index (χ0v) is 9.89. The van der Waals surface area contributed by atoms with Gasteiger partial charge in [0.05, 0.1) is 0 Å². The zero-order chi connectivity index (χ0) is 11.2. The summed E-state index contributed by atoms with van der Waals surface area (Å²) in [7, 11) is 0. The molecule has 0 fully saturated rings. The standard InChI is InChI=1S/C12H23NO/c1-6-8-10(9-12(3,4)5)11(14)13-7-2/h6,10H,1,7-9H2,2-5H3,(H,13,14). The Morgan fingerprint density at radius 2 is 2.07 bits per heavy atom. The number of allylic oxidation sites excluding steroid dienone is 1. The first-order valence-electron chi connectivity index (χ1n) is 5.29. The highest BCUT2D eigenvalue weighted by Gasteiger charge is 2.23. The summed E-state index contributed by atoms with van der Waals surface area (Å²) in [5, 5.41) is 2.87. The first-order chi connectivity index (χ1) is 6.40. The molecule has 0 aromatic carbocycles. The van der Waals surface area contributed by atoms with Crippen molar-refractivity contribution in [3.8, 4) is 0 Å². The SMILES string of the molecule is C=CCC(CC(C)(C)C)C(=O)NCC. The highest BCUT2D eigenvalue weighted by molar-refractivity contribution is 5.78. The van der Waals surface area contributed by atoms with E-state index in [9.17, 15) is 4.79 Å². The molecule has 0 aliphatic heterocycles. The molecular weight excluding hydrogens is 174 g/mol. The monoisotopic (exact) mass is 197 g/mol. The maximum Gasteiger partial charge on any atom is 0.223 e. The number of hydrogen-bond acceptors (Lipinski definition) is 1. The molecule has 2 heteroatoms. The lowest BCUT2D eigenvalue weighted by atomic mass is 9.83. The molecule has 0 spiro atoms. The predicted molar refractivity (Wildman–Crippen MR) is 61.1 cm³/mol. The van der Waals surface area contributed by atoms with E-state index in [1.165, 1.54) is 0 Å². The molecule has 0 aromatic rings. The van der Waals surface area contributed by atoms with Crippen molar-refractivity contribution < 1.29 is 4.79 Å². The van der Waals surface area contributed by atoms with Crippen molar-refractivity contribution in [1.82, 2.24) is 5.32 Å². The predicted octanol–water partition coefficient (Wildman–Crippen LogP) is 2.75. The molecule has 1 amide bonds. The number of rotatable bonds is 5. The number of carbonyl (C=O) groups excluding carboxylic acids is 1. The molecule has 82 valence electrons. The maximum atomic E-state index is 11.7. The molecule has 0 saturated heterocycles. The molecule has 0 heterocycles. The normalized spacial score (nSPS) is 13.4. The first kappa shape index (κ1) is 13.2. The largest absolute Gasteiger partial charge is 0.356 e. The number of carbonyl (C=O) groups is 1. The van der Waals surface area contributed by atoms with Gasteiger partial charge in [-0.2, -0.15) is 0 Å². The van der Waals surface area contributed by atoms with Gasteiger partial charge >= 0.3 is 0 Å². The Labute approximate surface area is 87.8 Å². The molecule has 1 unspecified atom stereocenters. The minimum absolute atomic E-state index is 0.0763. The molecule has 0 aromatic heterocycles. The summed E-state index contributed by atoms with van der Waals surface area (Å²) in [6.07, 6.45) is 3.50. The molecule has 1 atom stereocenters. The van der Waals surface area contributed by atoms with Crippen LogP contribution in [0.5, 0.6) is 0 Å². The van der Waals surface area contributed by atoms with Gasteiger partial charge in [0, 0.05) is 12.5 Å². The second-order valence-electron chi connectivity index (χ2n) is 4.88. The van der Waals surface area contributed by atoms with Crippen LogP contribution in [0.4, 0.5) is 0 Å². The molecule has 2 nitrogen and oxygen atoms in total. The lowest BCUT2D eigenvalue weighted by Gasteiger charge is -2.24. The summed E-state index contributed by atoms with van der Waals surface area (Å²) in [5.74, 6) is 0.231. The van der Waals surface area contributed by atoms with Crippen LogP contribution < -0.4 is 5.32 Å². The maximum absolute atomic E-state index is 11.7. The summed E-state index contributed by atoms with van der Waals surface area (Å²) >= 11 is 0. The third kappa shape index (κ3) is 5.79. The fraction of sp³-hybridized carbons (Fsp3) is 0.750. The van der Waals surface area contributed by atoms with Crippen molar-refractivity contribution in [2.45, 2.75) is 40.5 Å². The van der Waals surface area contributed by atoms with Gasteiger partial charge in [-0.25, -0.2) is 0 Å². The van der Waals surface area contributed by atoms with Gasteiger partial charge in [0.1, 0.15) is 0 Å². The Morgan fingerprint density at radius 1 is 1.50 bits per heavy atom. The van der Waals surface area contributed by atoms with E-state index in [2.05, 4.69) is 32.7 Å². The summed E-state index contributed by atoms with van der Waals surface area (Å²) in [6.45, 7) is 12.8. The van der Waals surface area contributed by atoms with Crippen LogP contribution >= 0.6 is 0 Å². The summed E-state index contributed by atoms with van der Waals surface area (Å²) in [6, 6.07) is 0. The van der Waals surface area contributed by atoms with E-state index in [0.717, 1.165) is 12.8 Å². The lowest BCUT2D eigenvalue weighted by Crippen LogP contribution is -2.32. The second kappa shape index (κ2) is 5.84. The van der Waals surface area contributed by atoms with Crippen LogP contribution in [0.15, 0.2) is 12.7 Å². The molecule has 0 radical (unpaired) electrons. The van der Waals surface area contributed by atoms with Crippen LogP contribution in [-0.2, 0) is 4.79 Å². The molecule has 0 saturated carbocycles. The highest BCUT2D eigenvalue weighted by Crippen LogP contribution is 2.26. The van der Waals surface area contributed by atoms with Crippen molar-refractivity contribution >= 4 is 5.91 Å². The minimum Gasteiger partial charge on any atom is -0.356 e. The molecule has 1 N–H and O–H groups in total. The van der Waals surface area contributed by atoms with Crippen LogP contribution in [0.1, 0.15) is 40.5 Å². The van der Waals surface area contributed by atoms with Crippen molar-refractivity contribution in [1.29, 1.82) is 0 Å². The minimum atomic E-state index is 0.0763. The molecule has 0 aliphatic carbocycles. The quantitative estimate of drug-likeness (QED) is 0.675. The smallest absolute Gasteiger partial charge is 0.223 e. The van der Waals surface area contributed by atoms with Gasteiger partial charge in [0.15, 0.2) is 0 Å².